The standard InChI is InChI=1S/C50H76N4O9/c1-8-9-10-11-12-13-14-15-16-17-18-19-20-21-46(60)53(6)41(32-55)50(63)52-35(5)42(56)26-27-47(61)54(7)48-37-23-25-44(58)40(30-37)39-29-36(22-24-43(39)57)28-34(4)51-49(62)38(33(2)3)31-45(48)59/h22-25,29-30,33-35,38,41,48,55,57-58H,8-21,26-28,31-32H2,1-7H3,(H,51,62)(H,52,63)/t34-,35-,38+,41-,48+/m1/s1. The summed E-state index contributed by atoms with van der Waals surface area (Å²) in [5.74, 6) is -3.86. The largest absolute Gasteiger partial charge is 0.507 e. The topological polar surface area (TPSA) is 194 Å². The second kappa shape index (κ2) is 26.8. The number of likely N-dealkylation sites (N-methyl/N-ethyl adjacent to an activating group) is 2. The SMILES string of the molecule is CCCCCCCCCCCCCCCC(=O)N(C)[C@H](CO)C(=O)N[C@H](C)C(=O)CCC(=O)N(C)[C@@H]1C(=O)C[C@@H](C(C)C)C(=O)N[C@H](C)Cc2ccc(O)c(c2)-c2cc1ccc2O. The molecule has 0 fully saturated rings. The van der Waals surface area contributed by atoms with Gasteiger partial charge in [0, 0.05) is 62.9 Å². The third kappa shape index (κ3) is 16.4. The number of carbonyl (C=O) groups is 6. The molecule has 0 radical (unpaired) electrons. The molecule has 0 unspecified atom stereocenters. The molecule has 5 N–H and O–H groups in total. The summed E-state index contributed by atoms with van der Waals surface area (Å²) in [5, 5.41) is 37.5. The zero-order valence-corrected chi connectivity index (χ0v) is 39.0. The number of Topliss-reactive ketones (excluding diaryl/α,β-unsaturated/α-hetero) is 2. The number of hydrogen-bond donors (Lipinski definition) is 5. The molecule has 1 aliphatic heterocycles. The van der Waals surface area contributed by atoms with E-state index < -0.39 is 54.0 Å². The number of amides is 4. The number of nitrogens with zero attached hydrogens (tertiary/aromatic N) is 2. The molecule has 5 atom stereocenters. The summed E-state index contributed by atoms with van der Waals surface area (Å²) < 4.78 is 0. The van der Waals surface area contributed by atoms with E-state index in [2.05, 4.69) is 17.6 Å². The number of nitrogens with one attached hydrogen (secondary N) is 2. The first-order valence-corrected chi connectivity index (χ1v) is 23.4. The molecule has 0 spiro atoms. The molecule has 13 heteroatoms. The highest BCUT2D eigenvalue weighted by atomic mass is 16.3. The highest BCUT2D eigenvalue weighted by Crippen LogP contribution is 2.39. The summed E-state index contributed by atoms with van der Waals surface area (Å²) in [6.45, 7) is 8.63. The van der Waals surface area contributed by atoms with Gasteiger partial charge in [0.25, 0.3) is 0 Å². The van der Waals surface area contributed by atoms with Crippen LogP contribution in [0.15, 0.2) is 36.4 Å². The first-order valence-electron chi connectivity index (χ1n) is 23.4. The second-order valence-corrected chi connectivity index (χ2v) is 18.1. The van der Waals surface area contributed by atoms with Gasteiger partial charge in [-0.05, 0) is 68.0 Å². The minimum Gasteiger partial charge on any atom is -0.507 e. The molecule has 0 saturated heterocycles. The fraction of sp³-hybridized carbons (Fsp3) is 0.640. The minimum absolute atomic E-state index is 0.101. The molecule has 350 valence electrons. The van der Waals surface area contributed by atoms with Crippen LogP contribution in [0.5, 0.6) is 11.5 Å². The molecule has 4 bridgehead atoms. The molecule has 0 saturated carbocycles. The Kier molecular flexibility index (Phi) is 22.3. The molecule has 1 aliphatic rings. The van der Waals surface area contributed by atoms with Crippen LogP contribution in [0.3, 0.4) is 0 Å². The van der Waals surface area contributed by atoms with Gasteiger partial charge in [0.1, 0.15) is 23.6 Å². The lowest BCUT2D eigenvalue weighted by Gasteiger charge is -2.31. The van der Waals surface area contributed by atoms with E-state index in [4.69, 9.17) is 0 Å². The normalized spacial score (nSPS) is 17.6. The summed E-state index contributed by atoms with van der Waals surface area (Å²) in [4.78, 5) is 83.6. The molecular formula is C50H76N4O9. The number of rotatable bonds is 24. The summed E-state index contributed by atoms with van der Waals surface area (Å²) in [6.07, 6.45) is 15.3. The van der Waals surface area contributed by atoms with Gasteiger partial charge in [-0.2, -0.15) is 0 Å². The zero-order valence-electron chi connectivity index (χ0n) is 39.0. The Morgan fingerprint density at radius 2 is 1.30 bits per heavy atom. The van der Waals surface area contributed by atoms with Gasteiger partial charge in [-0.3, -0.25) is 28.8 Å². The van der Waals surface area contributed by atoms with Crippen molar-refractivity contribution >= 4 is 35.2 Å². The Hall–Kier alpha value is -4.78. The minimum atomic E-state index is -1.21. The maximum absolute atomic E-state index is 14.3. The van der Waals surface area contributed by atoms with Crippen molar-refractivity contribution < 1.29 is 44.1 Å². The molecule has 2 aromatic carbocycles. The number of fused-ring (bicyclic) bond motifs is 5. The molecule has 2 aromatic rings. The van der Waals surface area contributed by atoms with Gasteiger partial charge < -0.3 is 35.8 Å². The van der Waals surface area contributed by atoms with E-state index in [0.29, 0.717) is 24.0 Å². The molecule has 3 rings (SSSR count). The molecule has 4 amide bonds. The number of aliphatic hydroxyl groups is 1. The van der Waals surface area contributed by atoms with Gasteiger partial charge in [0.2, 0.25) is 23.6 Å². The number of aromatic hydroxyl groups is 2. The third-order valence-corrected chi connectivity index (χ3v) is 12.5. The lowest BCUT2D eigenvalue weighted by molar-refractivity contribution is -0.142. The van der Waals surface area contributed by atoms with Gasteiger partial charge in [-0.1, -0.05) is 110 Å². The monoisotopic (exact) mass is 877 g/mol. The van der Waals surface area contributed by atoms with Gasteiger partial charge in [0.15, 0.2) is 11.6 Å². The smallest absolute Gasteiger partial charge is 0.245 e. The molecule has 13 nitrogen and oxygen atoms in total. The predicted molar refractivity (Wildman–Crippen MR) is 246 cm³/mol. The van der Waals surface area contributed by atoms with E-state index in [-0.39, 0.29) is 66.5 Å². The summed E-state index contributed by atoms with van der Waals surface area (Å²) >= 11 is 0. The van der Waals surface area contributed by atoms with Crippen molar-refractivity contribution in [2.24, 2.45) is 11.8 Å². The molecule has 0 aliphatic carbocycles. The van der Waals surface area contributed by atoms with Crippen molar-refractivity contribution in [3.8, 4) is 22.6 Å². The van der Waals surface area contributed by atoms with E-state index >= 15 is 0 Å². The van der Waals surface area contributed by atoms with E-state index in [9.17, 15) is 44.1 Å². The lowest BCUT2D eigenvalue weighted by Crippen LogP contribution is -2.53. The average molecular weight is 877 g/mol. The fourth-order valence-electron chi connectivity index (χ4n) is 8.39. The van der Waals surface area contributed by atoms with Crippen LogP contribution in [0.4, 0.5) is 0 Å². The van der Waals surface area contributed by atoms with Crippen LogP contribution in [0.2, 0.25) is 0 Å². The summed E-state index contributed by atoms with van der Waals surface area (Å²) in [7, 11) is 2.91. The van der Waals surface area contributed by atoms with Crippen LogP contribution in [-0.2, 0) is 35.2 Å². The number of hydrogen-bond acceptors (Lipinski definition) is 9. The highest BCUT2D eigenvalue weighted by molar-refractivity contribution is 5.96. The Bertz CT molecular complexity index is 1830. The Balaban J connectivity index is 1.61. The number of phenols is 2. The van der Waals surface area contributed by atoms with E-state index in [1.165, 1.54) is 107 Å². The maximum Gasteiger partial charge on any atom is 0.245 e. The van der Waals surface area contributed by atoms with Gasteiger partial charge in [-0.25, -0.2) is 0 Å². The molecule has 1 heterocycles. The van der Waals surface area contributed by atoms with Crippen molar-refractivity contribution in [1.82, 2.24) is 20.4 Å². The molecule has 63 heavy (non-hydrogen) atoms. The first kappa shape index (κ1) is 52.6. The maximum atomic E-state index is 14.3. The fourth-order valence-corrected chi connectivity index (χ4v) is 8.39. The number of aliphatic hydroxyl groups excluding tert-OH is 1. The number of ketones is 2. The van der Waals surface area contributed by atoms with Gasteiger partial charge >= 0.3 is 0 Å². The van der Waals surface area contributed by atoms with Crippen LogP contribution in [0.1, 0.15) is 161 Å². The quantitative estimate of drug-likeness (QED) is 0.0657. The number of phenolic OH excluding ortho intramolecular Hbond substituents is 2. The summed E-state index contributed by atoms with van der Waals surface area (Å²) in [6, 6.07) is 5.70. The van der Waals surface area contributed by atoms with Crippen molar-refractivity contribution in [3.05, 3.63) is 47.5 Å². The zero-order chi connectivity index (χ0) is 46.6. The number of unbranched alkanes of at least 4 members (excludes halogenated alkanes) is 12. The van der Waals surface area contributed by atoms with E-state index in [1.807, 2.05) is 20.8 Å². The van der Waals surface area contributed by atoms with Crippen LogP contribution in [0.25, 0.3) is 11.1 Å². The van der Waals surface area contributed by atoms with Crippen LogP contribution >= 0.6 is 0 Å². The Morgan fingerprint density at radius 1 is 0.746 bits per heavy atom. The Labute approximate surface area is 375 Å². The van der Waals surface area contributed by atoms with E-state index in [0.717, 1.165) is 24.8 Å². The van der Waals surface area contributed by atoms with Crippen molar-refractivity contribution in [2.75, 3.05) is 20.7 Å². The van der Waals surface area contributed by atoms with Crippen LogP contribution in [0, 0.1) is 11.8 Å². The highest BCUT2D eigenvalue weighted by Gasteiger charge is 2.35. The van der Waals surface area contributed by atoms with Crippen LogP contribution < -0.4 is 10.6 Å². The van der Waals surface area contributed by atoms with Gasteiger partial charge in [-0.15, -0.1) is 0 Å². The van der Waals surface area contributed by atoms with Crippen LogP contribution in [-0.4, -0.2) is 99.1 Å². The lowest BCUT2D eigenvalue weighted by atomic mass is 9.85. The number of carbonyl (C=O) groups excluding carboxylic acids is 6. The number of benzene rings is 2. The van der Waals surface area contributed by atoms with Gasteiger partial charge in [0.05, 0.1) is 12.6 Å². The van der Waals surface area contributed by atoms with Crippen molar-refractivity contribution in [3.63, 3.8) is 0 Å². The summed E-state index contributed by atoms with van der Waals surface area (Å²) in [5.41, 5.74) is 1.73. The first-order chi connectivity index (χ1) is 30.0. The second-order valence-electron chi connectivity index (χ2n) is 18.1. The Morgan fingerprint density at radius 3 is 1.87 bits per heavy atom. The third-order valence-electron chi connectivity index (χ3n) is 12.5. The predicted octanol–water partition coefficient (Wildman–Crippen LogP) is 7.71. The van der Waals surface area contributed by atoms with E-state index in [1.54, 1.807) is 18.2 Å². The molecule has 0 aromatic heterocycles. The van der Waals surface area contributed by atoms with Crippen molar-refractivity contribution in [1.29, 1.82) is 0 Å². The molecular weight excluding hydrogens is 801 g/mol. The van der Waals surface area contributed by atoms with Crippen molar-refractivity contribution in [2.45, 2.75) is 174 Å². The average Bonchev–Trinajstić information content (AvgIpc) is 3.24.